The molecule has 0 N–H and O–H groups in total. The largest absolute Gasteiger partial charge is 0.456 e. The van der Waals surface area contributed by atoms with Crippen LogP contribution in [0.25, 0.3) is 94.7 Å². The van der Waals surface area contributed by atoms with Crippen LogP contribution in [0.1, 0.15) is 0 Å². The molecule has 10 rings (SSSR count). The van der Waals surface area contributed by atoms with E-state index in [0.29, 0.717) is 17.5 Å². The number of nitrogens with zero attached hydrogens (tertiary/aromatic N) is 4. The predicted octanol–water partition coefficient (Wildman–Crippen LogP) is 11.5. The van der Waals surface area contributed by atoms with Crippen molar-refractivity contribution in [3.8, 4) is 51.0 Å². The van der Waals surface area contributed by atoms with Crippen LogP contribution in [0.15, 0.2) is 174 Å². The van der Waals surface area contributed by atoms with Crippen molar-refractivity contribution < 1.29 is 4.42 Å². The maximum absolute atomic E-state index is 6.50. The van der Waals surface area contributed by atoms with Crippen molar-refractivity contribution in [2.75, 3.05) is 0 Å². The summed E-state index contributed by atoms with van der Waals surface area (Å²) in [5.74, 6) is 1.87. The number of fused-ring (bicyclic) bond motifs is 6. The number of rotatable bonds is 5. The first-order chi connectivity index (χ1) is 24.8. The Balaban J connectivity index is 1.20. The lowest BCUT2D eigenvalue weighted by Crippen LogP contribution is -2.00. The molecule has 0 unspecified atom stereocenters. The average Bonchev–Trinajstić information content (AvgIpc) is 3.74. The van der Waals surface area contributed by atoms with E-state index in [2.05, 4.69) is 95.6 Å². The Hall–Kier alpha value is -6.85. The van der Waals surface area contributed by atoms with Gasteiger partial charge in [0, 0.05) is 43.8 Å². The Kier molecular flexibility index (Phi) is 6.42. The van der Waals surface area contributed by atoms with Gasteiger partial charge in [-0.05, 0) is 48.0 Å². The van der Waals surface area contributed by atoms with Gasteiger partial charge in [0.25, 0.3) is 0 Å². The Morgan fingerprint density at radius 3 is 1.58 bits per heavy atom. The monoisotopic (exact) mass is 640 g/mol. The number of benzene rings is 7. The molecular formula is C45H28N4O. The van der Waals surface area contributed by atoms with E-state index >= 15 is 0 Å². The summed E-state index contributed by atoms with van der Waals surface area (Å²) in [7, 11) is 0. The standard InChI is InChI=1S/C45H28N4O/c1-3-14-29(15-4-1)43-46-44(30-16-5-2-6-17-30)48-45(47-43)31-26-27-40-36(28-31)42-35(21-13-25-41(42)50-40)34-20-9-12-24-39(34)49-37-22-10-7-18-32(37)33-19-8-11-23-38(33)49/h1-28H. The number of para-hydroxylation sites is 3. The molecule has 0 atom stereocenters. The second-order valence-electron chi connectivity index (χ2n) is 12.4. The molecule has 50 heavy (non-hydrogen) atoms. The molecule has 0 saturated carbocycles. The minimum Gasteiger partial charge on any atom is -0.456 e. The van der Waals surface area contributed by atoms with E-state index < -0.39 is 0 Å². The van der Waals surface area contributed by atoms with Crippen LogP contribution in [-0.2, 0) is 0 Å². The third-order valence-electron chi connectivity index (χ3n) is 9.47. The summed E-state index contributed by atoms with van der Waals surface area (Å²) in [4.78, 5) is 14.9. The van der Waals surface area contributed by atoms with E-state index in [1.54, 1.807) is 0 Å². The lowest BCUT2D eigenvalue weighted by molar-refractivity contribution is 0.669. The van der Waals surface area contributed by atoms with Gasteiger partial charge < -0.3 is 8.98 Å². The van der Waals surface area contributed by atoms with Gasteiger partial charge in [-0.3, -0.25) is 0 Å². The van der Waals surface area contributed by atoms with Crippen LogP contribution >= 0.6 is 0 Å². The zero-order valence-electron chi connectivity index (χ0n) is 26.9. The molecule has 5 heteroatoms. The van der Waals surface area contributed by atoms with Crippen LogP contribution in [0.3, 0.4) is 0 Å². The van der Waals surface area contributed by atoms with Crippen molar-refractivity contribution in [1.29, 1.82) is 0 Å². The zero-order chi connectivity index (χ0) is 33.0. The fraction of sp³-hybridized carbons (Fsp3) is 0. The first kappa shape index (κ1) is 28.2. The van der Waals surface area contributed by atoms with Gasteiger partial charge >= 0.3 is 0 Å². The summed E-state index contributed by atoms with van der Waals surface area (Å²) in [6.45, 7) is 0. The maximum atomic E-state index is 6.50. The van der Waals surface area contributed by atoms with Gasteiger partial charge in [-0.1, -0.05) is 127 Å². The van der Waals surface area contributed by atoms with Crippen LogP contribution in [0.4, 0.5) is 0 Å². The lowest BCUT2D eigenvalue weighted by atomic mass is 9.97. The third kappa shape index (κ3) is 4.52. The molecule has 10 aromatic rings. The molecule has 3 heterocycles. The highest BCUT2D eigenvalue weighted by Crippen LogP contribution is 2.42. The molecular weight excluding hydrogens is 613 g/mol. The van der Waals surface area contributed by atoms with Crippen molar-refractivity contribution >= 4 is 43.7 Å². The Morgan fingerprint density at radius 1 is 0.380 bits per heavy atom. The topological polar surface area (TPSA) is 56.7 Å². The van der Waals surface area contributed by atoms with E-state index in [0.717, 1.165) is 55.4 Å². The van der Waals surface area contributed by atoms with E-state index in [4.69, 9.17) is 19.4 Å². The summed E-state index contributed by atoms with van der Waals surface area (Å²) in [5.41, 5.74) is 10.1. The second kappa shape index (κ2) is 11.4. The normalized spacial score (nSPS) is 11.6. The van der Waals surface area contributed by atoms with E-state index in [-0.39, 0.29) is 0 Å². The molecule has 234 valence electrons. The first-order valence-electron chi connectivity index (χ1n) is 16.7. The number of furan rings is 1. The summed E-state index contributed by atoms with van der Waals surface area (Å²) in [6.07, 6.45) is 0. The highest BCUT2D eigenvalue weighted by molar-refractivity contribution is 6.15. The highest BCUT2D eigenvalue weighted by atomic mass is 16.3. The number of aromatic nitrogens is 4. The zero-order valence-corrected chi connectivity index (χ0v) is 26.9. The van der Waals surface area contributed by atoms with Crippen molar-refractivity contribution in [3.63, 3.8) is 0 Å². The molecule has 7 aromatic carbocycles. The summed E-state index contributed by atoms with van der Waals surface area (Å²) >= 11 is 0. The van der Waals surface area contributed by atoms with Gasteiger partial charge in [0.1, 0.15) is 11.2 Å². The van der Waals surface area contributed by atoms with Crippen molar-refractivity contribution in [2.24, 2.45) is 0 Å². The van der Waals surface area contributed by atoms with Gasteiger partial charge in [-0.2, -0.15) is 0 Å². The van der Waals surface area contributed by atoms with Crippen molar-refractivity contribution in [1.82, 2.24) is 19.5 Å². The van der Waals surface area contributed by atoms with Crippen LogP contribution in [0.2, 0.25) is 0 Å². The first-order valence-corrected chi connectivity index (χ1v) is 16.7. The van der Waals surface area contributed by atoms with Crippen LogP contribution in [0, 0.1) is 0 Å². The molecule has 0 bridgehead atoms. The Morgan fingerprint density at radius 2 is 0.920 bits per heavy atom. The van der Waals surface area contributed by atoms with Gasteiger partial charge in [0.15, 0.2) is 17.5 Å². The molecule has 0 aliphatic heterocycles. The van der Waals surface area contributed by atoms with Crippen molar-refractivity contribution in [3.05, 3.63) is 170 Å². The maximum Gasteiger partial charge on any atom is 0.164 e. The van der Waals surface area contributed by atoms with Gasteiger partial charge in [0.2, 0.25) is 0 Å². The van der Waals surface area contributed by atoms with Crippen LogP contribution in [0.5, 0.6) is 0 Å². The highest BCUT2D eigenvalue weighted by Gasteiger charge is 2.20. The van der Waals surface area contributed by atoms with E-state index in [1.807, 2.05) is 78.9 Å². The average molecular weight is 641 g/mol. The molecule has 0 fully saturated rings. The molecule has 0 saturated heterocycles. The van der Waals surface area contributed by atoms with Gasteiger partial charge in [-0.15, -0.1) is 0 Å². The SMILES string of the molecule is c1ccc(-c2nc(-c3ccccc3)nc(-c3ccc4oc5cccc(-c6ccccc6-n6c7ccccc7c7ccccc76)c5c4c3)n2)cc1. The van der Waals surface area contributed by atoms with Crippen LogP contribution < -0.4 is 0 Å². The van der Waals surface area contributed by atoms with Crippen LogP contribution in [-0.4, -0.2) is 19.5 Å². The number of hydrogen-bond acceptors (Lipinski definition) is 4. The molecule has 0 aliphatic rings. The minimum atomic E-state index is 0.608. The number of hydrogen-bond donors (Lipinski definition) is 0. The van der Waals surface area contributed by atoms with Crippen molar-refractivity contribution in [2.45, 2.75) is 0 Å². The smallest absolute Gasteiger partial charge is 0.164 e. The summed E-state index contributed by atoms with van der Waals surface area (Å²) in [5, 5.41) is 4.53. The fourth-order valence-corrected chi connectivity index (χ4v) is 7.21. The third-order valence-corrected chi connectivity index (χ3v) is 9.47. The molecule has 0 radical (unpaired) electrons. The summed E-state index contributed by atoms with van der Waals surface area (Å²) in [6, 6.07) is 58.6. The second-order valence-corrected chi connectivity index (χ2v) is 12.4. The Labute approximate surface area is 287 Å². The molecule has 0 amide bonds. The molecule has 3 aromatic heterocycles. The summed E-state index contributed by atoms with van der Waals surface area (Å²) < 4.78 is 8.89. The molecule has 0 spiro atoms. The fourth-order valence-electron chi connectivity index (χ4n) is 7.21. The quantitative estimate of drug-likeness (QED) is 0.188. The van der Waals surface area contributed by atoms with Gasteiger partial charge in [0.05, 0.1) is 16.7 Å². The lowest BCUT2D eigenvalue weighted by Gasteiger charge is -2.15. The predicted molar refractivity (Wildman–Crippen MR) is 203 cm³/mol. The molecule has 0 aliphatic carbocycles. The van der Waals surface area contributed by atoms with E-state index in [9.17, 15) is 0 Å². The van der Waals surface area contributed by atoms with E-state index in [1.165, 1.54) is 21.8 Å². The van der Waals surface area contributed by atoms with Gasteiger partial charge in [-0.25, -0.2) is 15.0 Å². The minimum absolute atomic E-state index is 0.608. The Bertz CT molecular complexity index is 2760. The molecule has 5 nitrogen and oxygen atoms in total.